The Morgan fingerprint density at radius 1 is 0.679 bits per heavy atom. The number of sulfonamides is 2. The first-order valence-electron chi connectivity index (χ1n) is 34.1. The van der Waals surface area contributed by atoms with Crippen molar-refractivity contribution in [2.24, 2.45) is 22.8 Å². The number of aryl methyl sites for hydroxylation is 4. The molecule has 0 bridgehead atoms. The maximum absolute atomic E-state index is 13.5. The lowest BCUT2D eigenvalue weighted by Crippen LogP contribution is -2.35. The van der Waals surface area contributed by atoms with Crippen LogP contribution in [0.1, 0.15) is 125 Å². The van der Waals surface area contributed by atoms with Crippen LogP contribution in [0.5, 0.6) is 17.6 Å². The van der Waals surface area contributed by atoms with E-state index in [1.54, 1.807) is 27.9 Å². The van der Waals surface area contributed by atoms with Crippen LogP contribution in [-0.2, 0) is 108 Å². The lowest BCUT2D eigenvalue weighted by molar-refractivity contribution is -0.143. The number of hydrogen-bond acceptors (Lipinski definition) is 25. The number of anilines is 1. The number of fused-ring (bicyclic) bond motifs is 1. The number of carbonyl (C=O) groups excluding carboxylic acids is 5. The zero-order chi connectivity index (χ0) is 79.9. The maximum atomic E-state index is 13.5. The quantitative estimate of drug-likeness (QED) is 0.0397. The van der Waals surface area contributed by atoms with Crippen LogP contribution in [0.25, 0.3) is 11.1 Å². The molecule has 4 N–H and O–H groups in total. The summed E-state index contributed by atoms with van der Waals surface area (Å²) in [6, 6.07) is 30.3. The predicted molar refractivity (Wildman–Crippen MR) is 402 cm³/mol. The van der Waals surface area contributed by atoms with E-state index < -0.39 is 75.1 Å². The van der Waals surface area contributed by atoms with Crippen LogP contribution in [0.15, 0.2) is 145 Å². The zero-order valence-corrected chi connectivity index (χ0v) is 65.1. The second kappa shape index (κ2) is 35.7. The molecule has 582 valence electrons. The average Bonchev–Trinajstić information content (AvgIpc) is 1.68. The van der Waals surface area contributed by atoms with Gasteiger partial charge >= 0.3 is 23.9 Å². The molecule has 32 nitrogen and oxygen atoms in total. The van der Waals surface area contributed by atoms with E-state index in [4.69, 9.17) is 33.4 Å². The summed E-state index contributed by atoms with van der Waals surface area (Å²) in [5.74, 6) is -2.13. The van der Waals surface area contributed by atoms with Crippen LogP contribution in [-0.4, -0.2) is 156 Å². The first-order chi connectivity index (χ1) is 51.5. The molecule has 109 heavy (non-hydrogen) atoms. The summed E-state index contributed by atoms with van der Waals surface area (Å²) in [6.45, 7) is 17.4. The molecule has 5 aromatic carbocycles. The summed E-state index contributed by atoms with van der Waals surface area (Å²) in [7, 11) is -6.54. The number of ether oxygens (including phenoxy) is 6. The van der Waals surface area contributed by atoms with Gasteiger partial charge in [0.15, 0.2) is 26.9 Å². The largest absolute Gasteiger partial charge is 0.481 e. The number of amides is 2. The number of aromatic nitrogens is 6. The van der Waals surface area contributed by atoms with Gasteiger partial charge in [-0.15, -0.1) is 0 Å². The molecular formula is C74H87N11O21S3. The predicted octanol–water partition coefficient (Wildman–Crippen LogP) is 7.62. The highest BCUT2D eigenvalue weighted by molar-refractivity contribution is 7.91. The monoisotopic (exact) mass is 1560 g/mol. The topological polar surface area (TPSA) is 413 Å². The molecule has 0 spiro atoms. The zero-order valence-electron chi connectivity index (χ0n) is 62.7. The van der Waals surface area contributed by atoms with Crippen LogP contribution in [0.2, 0.25) is 0 Å². The number of aromatic amines is 1. The number of H-pyrrole nitrogens is 1. The summed E-state index contributed by atoms with van der Waals surface area (Å²) in [4.78, 5) is 105. The van der Waals surface area contributed by atoms with Gasteiger partial charge in [-0.25, -0.2) is 58.4 Å². The number of urea groups is 1. The molecule has 0 unspecified atom stereocenters. The van der Waals surface area contributed by atoms with Crippen molar-refractivity contribution in [3.63, 3.8) is 0 Å². The Bertz CT molecular complexity index is 5190. The molecule has 0 fully saturated rings. The number of oxime groups is 2. The fourth-order valence-electron chi connectivity index (χ4n) is 11.7. The number of benzene rings is 5. The highest BCUT2D eigenvalue weighted by Gasteiger charge is 2.45. The van der Waals surface area contributed by atoms with Gasteiger partial charge in [0.25, 0.3) is 21.1 Å². The third-order valence-corrected chi connectivity index (χ3v) is 20.2. The Hall–Kier alpha value is -11.1. The van der Waals surface area contributed by atoms with Crippen molar-refractivity contribution in [1.29, 1.82) is 0 Å². The lowest BCUT2D eigenvalue weighted by Gasteiger charge is -2.27. The summed E-state index contributed by atoms with van der Waals surface area (Å²) in [5.41, 5.74) is 6.40. The fourth-order valence-corrected chi connectivity index (χ4v) is 14.2. The van der Waals surface area contributed by atoms with Gasteiger partial charge in [-0.2, -0.15) is 9.97 Å². The molecular weight excluding hydrogens is 1480 g/mol. The van der Waals surface area contributed by atoms with E-state index in [-0.39, 0.29) is 62.9 Å². The Labute approximate surface area is 630 Å². The molecule has 6 heterocycles. The fraction of sp³-hybridized carbons (Fsp3) is 0.365. The summed E-state index contributed by atoms with van der Waals surface area (Å²) in [6.07, 6.45) is 5.77. The smallest absolute Gasteiger partial charge is 0.356 e. The van der Waals surface area contributed by atoms with Gasteiger partial charge in [0, 0.05) is 54.7 Å². The van der Waals surface area contributed by atoms with Crippen molar-refractivity contribution in [2.75, 3.05) is 65.6 Å². The van der Waals surface area contributed by atoms with Crippen molar-refractivity contribution in [1.82, 2.24) is 38.6 Å². The molecule has 35 heteroatoms. The van der Waals surface area contributed by atoms with Gasteiger partial charge in [0.2, 0.25) is 33.6 Å². The molecule has 0 atom stereocenters. The molecule has 2 amide bonds. The van der Waals surface area contributed by atoms with Crippen molar-refractivity contribution < 1.29 is 87.3 Å². The number of carbonyl (C=O) groups is 5. The molecule has 8 aromatic rings. The Kier molecular flexibility index (Phi) is 27.4. The minimum Gasteiger partial charge on any atom is -0.481 e. The minimum absolute atomic E-state index is 0.00623. The van der Waals surface area contributed by atoms with E-state index in [0.29, 0.717) is 86.4 Å². The third-order valence-electron chi connectivity index (χ3n) is 17.0. The average molecular weight is 1560 g/mol. The van der Waals surface area contributed by atoms with Crippen molar-refractivity contribution >= 4 is 77.0 Å². The highest BCUT2D eigenvalue weighted by Crippen LogP contribution is 2.42. The van der Waals surface area contributed by atoms with Crippen LogP contribution in [0, 0.1) is 19.3 Å². The summed E-state index contributed by atoms with van der Waals surface area (Å²) >= 11 is 0. The second-order valence-electron chi connectivity index (χ2n) is 25.9. The van der Waals surface area contributed by atoms with Gasteiger partial charge in [0.05, 0.1) is 94.6 Å². The molecule has 0 aliphatic carbocycles. The Balaban J connectivity index is 0.000000185. The van der Waals surface area contributed by atoms with Crippen LogP contribution >= 0.6 is 0 Å². The number of rotatable bonds is 21. The summed E-state index contributed by atoms with van der Waals surface area (Å²) in [5, 5.41) is 12.7. The number of nitrogens with zero attached hydrogens (tertiary/aromatic N) is 7. The van der Waals surface area contributed by atoms with Crippen molar-refractivity contribution in [3.05, 3.63) is 197 Å². The van der Waals surface area contributed by atoms with E-state index in [1.807, 2.05) is 81.4 Å². The summed E-state index contributed by atoms with van der Waals surface area (Å²) < 4.78 is 112. The van der Waals surface area contributed by atoms with Gasteiger partial charge in [0.1, 0.15) is 22.6 Å². The Morgan fingerprint density at radius 3 is 1.79 bits per heavy atom. The van der Waals surface area contributed by atoms with E-state index in [1.165, 1.54) is 62.0 Å². The molecule has 11 rings (SSSR count). The first kappa shape index (κ1) is 83.5. The van der Waals surface area contributed by atoms with Crippen LogP contribution in [0.4, 0.5) is 10.7 Å². The molecule has 0 radical (unpaired) electrons. The van der Waals surface area contributed by atoms with Gasteiger partial charge in [-0.3, -0.25) is 29.2 Å². The van der Waals surface area contributed by atoms with E-state index in [2.05, 4.69) is 73.1 Å². The standard InChI is InChI=1S/C23H32N2O4.C18H17NO3.C17H21N5O9S2.C16H17N3O5S/c1-7-16-13-15(3)14-17(8-2)18(16)19-20(26)24-9-11-28-12-10-25(24)21(19)29-22(27)23(4,5)6;1-2-21-17(20)16-13-18(22-19-16,14-9-5-3-6-10-14)15-11-7-4-8-12-15;1-29-13-8-14(30-2)20-16(19-13)21-17(24)22-33(27,28)12-7-10(9-18-32(4,25)26)5-6-11(12)15(23)31-3;1-9-10(15(20)11-8-17-19(2)16(11)21)4-5-13(25(3,22)23)14(9)12-6-7-24-18-12/h13-14H,7-12H2,1-6H3;3-12H,2,13H2,1H3;5-8,18H,9H2,1-4H3,(H2,19,20,21,22,24);4-5,8,17H,6-7H2,1-3H3. The molecule has 0 saturated heterocycles. The SMILES string of the molecule is CCOC(=O)C1=NOC(c2ccccc2)(c2ccccc2)C1.CCc1cc(C)cc(CC)c1-c1c(OC(=O)C(C)(C)C)n2n(c1=O)CCOCC2.COC(=O)c1ccc(CNS(C)(=O)=O)cc1S(=O)(=O)NC(=O)Nc1nc(OC)cc(OC)n1.Cc1c(C(=O)c2c[nH]n(C)c2=O)ccc(S(C)(=O)=O)c1C1=NOCC1. The number of methoxy groups -OCH3 is 3. The molecule has 0 saturated carbocycles. The number of ketones is 1. The van der Waals surface area contributed by atoms with E-state index >= 15 is 0 Å². The maximum Gasteiger partial charge on any atom is 0.356 e. The molecule has 3 aromatic heterocycles. The van der Waals surface area contributed by atoms with Gasteiger partial charge in [-0.1, -0.05) is 109 Å². The van der Waals surface area contributed by atoms with Crippen LogP contribution < -0.4 is 40.1 Å². The van der Waals surface area contributed by atoms with Crippen LogP contribution in [0.3, 0.4) is 0 Å². The normalized spacial score (nSPS) is 13.7. The first-order valence-corrected chi connectivity index (χ1v) is 39.4. The van der Waals surface area contributed by atoms with Crippen molar-refractivity contribution in [2.45, 2.75) is 116 Å². The van der Waals surface area contributed by atoms with Crippen molar-refractivity contribution in [3.8, 4) is 28.8 Å². The number of hydrogen-bond donors (Lipinski definition) is 4. The number of nitrogens with one attached hydrogen (secondary N) is 4. The molecule has 3 aliphatic rings. The van der Waals surface area contributed by atoms with E-state index in [0.717, 1.165) is 72.4 Å². The molecule has 3 aliphatic heterocycles. The number of sulfone groups is 1. The lowest BCUT2D eigenvalue weighted by atomic mass is 9.82. The van der Waals surface area contributed by atoms with Gasteiger partial charge in [-0.05, 0) is 106 Å². The third kappa shape index (κ3) is 20.2. The minimum atomic E-state index is -4.63. The highest BCUT2D eigenvalue weighted by atomic mass is 32.2. The Morgan fingerprint density at radius 2 is 1.28 bits per heavy atom. The van der Waals surface area contributed by atoms with E-state index in [9.17, 15) is 58.8 Å². The second-order valence-corrected chi connectivity index (χ2v) is 31.3. The van der Waals surface area contributed by atoms with Gasteiger partial charge < -0.3 is 43.2 Å². The number of esters is 3.